The summed E-state index contributed by atoms with van der Waals surface area (Å²) >= 11 is 0. The fourth-order valence-electron chi connectivity index (χ4n) is 1.64. The Hall–Kier alpha value is -0.830. The highest BCUT2D eigenvalue weighted by molar-refractivity contribution is 5.66. The van der Waals surface area contributed by atoms with Crippen LogP contribution in [0.5, 0.6) is 0 Å². The van der Waals surface area contributed by atoms with E-state index in [2.05, 4.69) is 20.8 Å². The minimum absolute atomic E-state index is 0.0708. The molecule has 0 aromatic carbocycles. The number of ether oxygens (including phenoxy) is 1. The van der Waals surface area contributed by atoms with Gasteiger partial charge in [-0.15, -0.1) is 0 Å². The van der Waals surface area contributed by atoms with E-state index < -0.39 is 5.97 Å². The normalized spacial score (nSPS) is 23.9. The van der Waals surface area contributed by atoms with Crippen LogP contribution in [0.3, 0.4) is 0 Å². The summed E-state index contributed by atoms with van der Waals surface area (Å²) in [5.41, 5.74) is 1.34. The van der Waals surface area contributed by atoms with Crippen molar-refractivity contribution in [2.45, 2.75) is 58.2 Å². The van der Waals surface area contributed by atoms with E-state index in [0.29, 0.717) is 12.5 Å². The summed E-state index contributed by atoms with van der Waals surface area (Å²) in [5.74, 6) is -0.731. The molecule has 1 heterocycles. The highest BCUT2D eigenvalue weighted by Crippen LogP contribution is 2.38. The van der Waals surface area contributed by atoms with Gasteiger partial charge in [-0.2, -0.15) is 0 Å². The first-order valence-electron chi connectivity index (χ1n) is 5.47. The Morgan fingerprint density at radius 2 is 2.07 bits per heavy atom. The minimum atomic E-state index is -0.731. The lowest BCUT2D eigenvalue weighted by Crippen LogP contribution is -2.02. The zero-order valence-corrected chi connectivity index (χ0v) is 9.75. The molecule has 0 saturated carbocycles. The number of carboxylic acid groups (broad SMARTS) is 1. The third-order valence-corrected chi connectivity index (χ3v) is 2.82. The van der Waals surface area contributed by atoms with Gasteiger partial charge in [0.25, 0.3) is 0 Å². The zero-order valence-electron chi connectivity index (χ0n) is 9.75. The van der Waals surface area contributed by atoms with Crippen molar-refractivity contribution in [1.29, 1.82) is 0 Å². The summed E-state index contributed by atoms with van der Waals surface area (Å²) < 4.78 is 5.48. The number of allylic oxidation sites excluding steroid dienone is 2. The quantitative estimate of drug-likeness (QED) is 0.544. The highest BCUT2D eigenvalue weighted by atomic mass is 16.6. The fourth-order valence-corrected chi connectivity index (χ4v) is 1.64. The number of rotatable bonds is 6. The van der Waals surface area contributed by atoms with Crippen molar-refractivity contribution in [3.8, 4) is 0 Å². The van der Waals surface area contributed by atoms with E-state index >= 15 is 0 Å². The van der Waals surface area contributed by atoms with Gasteiger partial charge in [0, 0.05) is 6.42 Å². The minimum Gasteiger partial charge on any atom is -0.481 e. The molecule has 15 heavy (non-hydrogen) atoms. The first-order valence-corrected chi connectivity index (χ1v) is 5.47. The van der Waals surface area contributed by atoms with Crippen molar-refractivity contribution in [3.63, 3.8) is 0 Å². The summed E-state index contributed by atoms with van der Waals surface area (Å²) in [5, 5.41) is 8.47. The molecule has 0 spiro atoms. The van der Waals surface area contributed by atoms with Gasteiger partial charge in [0.05, 0.1) is 11.7 Å². The van der Waals surface area contributed by atoms with Crippen molar-refractivity contribution in [2.75, 3.05) is 0 Å². The Kier molecular flexibility index (Phi) is 3.91. The Morgan fingerprint density at radius 1 is 1.47 bits per heavy atom. The zero-order chi connectivity index (χ0) is 11.5. The summed E-state index contributed by atoms with van der Waals surface area (Å²) in [6, 6.07) is 0. The molecule has 86 valence electrons. The molecule has 0 radical (unpaired) electrons. The van der Waals surface area contributed by atoms with E-state index in [4.69, 9.17) is 9.84 Å². The molecule has 1 N–H and O–H groups in total. The Bertz CT molecular complexity index is 266. The SMILES string of the molecule is C/C(=C\CCC(=O)O)CCC1OC1(C)C. The average Bonchev–Trinajstić information content (AvgIpc) is 2.70. The van der Waals surface area contributed by atoms with E-state index in [1.807, 2.05) is 6.08 Å². The van der Waals surface area contributed by atoms with Crippen molar-refractivity contribution < 1.29 is 14.6 Å². The van der Waals surface area contributed by atoms with Gasteiger partial charge in [-0.3, -0.25) is 4.79 Å². The number of hydrogen-bond acceptors (Lipinski definition) is 2. The predicted octanol–water partition coefficient (Wildman–Crippen LogP) is 2.76. The first-order chi connectivity index (χ1) is 6.92. The van der Waals surface area contributed by atoms with Crippen molar-refractivity contribution in [2.24, 2.45) is 0 Å². The van der Waals surface area contributed by atoms with Crippen LogP contribution in [0.2, 0.25) is 0 Å². The molecular weight excluding hydrogens is 192 g/mol. The molecule has 1 fully saturated rings. The van der Waals surface area contributed by atoms with Gasteiger partial charge in [-0.25, -0.2) is 0 Å². The summed E-state index contributed by atoms with van der Waals surface area (Å²) in [7, 11) is 0. The van der Waals surface area contributed by atoms with Gasteiger partial charge in [0.1, 0.15) is 0 Å². The van der Waals surface area contributed by atoms with Gasteiger partial charge in [-0.1, -0.05) is 11.6 Å². The summed E-state index contributed by atoms with van der Waals surface area (Å²) in [6.07, 6.45) is 5.32. The van der Waals surface area contributed by atoms with Gasteiger partial charge in [0.15, 0.2) is 0 Å². The van der Waals surface area contributed by atoms with Gasteiger partial charge >= 0.3 is 5.97 Å². The lowest BCUT2D eigenvalue weighted by molar-refractivity contribution is -0.136. The van der Waals surface area contributed by atoms with Crippen molar-refractivity contribution in [3.05, 3.63) is 11.6 Å². The van der Waals surface area contributed by atoms with Crippen LogP contribution in [0.15, 0.2) is 11.6 Å². The topological polar surface area (TPSA) is 49.8 Å². The Balaban J connectivity index is 2.13. The van der Waals surface area contributed by atoms with Gasteiger partial charge in [0.2, 0.25) is 0 Å². The van der Waals surface area contributed by atoms with Crippen molar-refractivity contribution in [1.82, 2.24) is 0 Å². The predicted molar refractivity (Wildman–Crippen MR) is 58.8 cm³/mol. The maximum absolute atomic E-state index is 10.3. The Morgan fingerprint density at radius 3 is 2.53 bits per heavy atom. The maximum atomic E-state index is 10.3. The van der Waals surface area contributed by atoms with Crippen LogP contribution in [-0.4, -0.2) is 22.8 Å². The highest BCUT2D eigenvalue weighted by Gasteiger charge is 2.46. The van der Waals surface area contributed by atoms with Gasteiger partial charge < -0.3 is 9.84 Å². The molecule has 1 rings (SSSR count). The smallest absolute Gasteiger partial charge is 0.303 e. The number of carbonyl (C=O) groups is 1. The van der Waals surface area contributed by atoms with Crippen LogP contribution in [0.4, 0.5) is 0 Å². The molecule has 3 heteroatoms. The molecule has 1 unspecified atom stereocenters. The van der Waals surface area contributed by atoms with Crippen LogP contribution in [0.25, 0.3) is 0 Å². The molecule has 1 aliphatic rings. The lowest BCUT2D eigenvalue weighted by Gasteiger charge is -2.00. The molecule has 0 amide bonds. The maximum Gasteiger partial charge on any atom is 0.303 e. The van der Waals surface area contributed by atoms with E-state index in [9.17, 15) is 4.79 Å². The van der Waals surface area contributed by atoms with Crippen LogP contribution in [0, 0.1) is 0 Å². The number of carboxylic acids is 1. The lowest BCUT2D eigenvalue weighted by atomic mass is 10.0. The van der Waals surface area contributed by atoms with Crippen LogP contribution in [-0.2, 0) is 9.53 Å². The second-order valence-corrected chi connectivity index (χ2v) is 4.73. The van der Waals surface area contributed by atoms with E-state index in [1.54, 1.807) is 0 Å². The standard InChI is InChI=1S/C12H20O3/c1-9(5-4-6-11(13)14)7-8-10-12(2,3)15-10/h5,10H,4,6-8H2,1-3H3,(H,13,14)/b9-5+. The van der Waals surface area contributed by atoms with E-state index in [-0.39, 0.29) is 12.0 Å². The molecule has 0 bridgehead atoms. The van der Waals surface area contributed by atoms with Gasteiger partial charge in [-0.05, 0) is 40.0 Å². The molecule has 1 saturated heterocycles. The van der Waals surface area contributed by atoms with Crippen LogP contribution >= 0.6 is 0 Å². The number of epoxide rings is 1. The molecule has 1 aliphatic heterocycles. The van der Waals surface area contributed by atoms with E-state index in [1.165, 1.54) is 5.57 Å². The van der Waals surface area contributed by atoms with Crippen molar-refractivity contribution >= 4 is 5.97 Å². The summed E-state index contributed by atoms with van der Waals surface area (Å²) in [6.45, 7) is 6.25. The number of hydrogen-bond donors (Lipinski definition) is 1. The second-order valence-electron chi connectivity index (χ2n) is 4.73. The fraction of sp³-hybridized carbons (Fsp3) is 0.750. The Labute approximate surface area is 91.1 Å². The van der Waals surface area contributed by atoms with Crippen LogP contribution in [0.1, 0.15) is 46.5 Å². The third-order valence-electron chi connectivity index (χ3n) is 2.82. The molecule has 0 aromatic heterocycles. The largest absolute Gasteiger partial charge is 0.481 e. The molecule has 3 nitrogen and oxygen atoms in total. The molecular formula is C12H20O3. The summed E-state index contributed by atoms with van der Waals surface area (Å²) in [4.78, 5) is 10.3. The van der Waals surface area contributed by atoms with Crippen LogP contribution < -0.4 is 0 Å². The molecule has 0 aliphatic carbocycles. The third kappa shape index (κ3) is 4.47. The molecule has 0 aromatic rings. The van der Waals surface area contributed by atoms with E-state index in [0.717, 1.165) is 12.8 Å². The number of aliphatic carboxylic acids is 1. The second kappa shape index (κ2) is 4.79. The molecule has 1 atom stereocenters. The monoisotopic (exact) mass is 212 g/mol. The average molecular weight is 212 g/mol. The first kappa shape index (κ1) is 12.2.